The predicted octanol–water partition coefficient (Wildman–Crippen LogP) is 4.81. The maximum atomic E-state index is 13.5. The van der Waals surface area contributed by atoms with Gasteiger partial charge in [0.2, 0.25) is 0 Å². The number of aromatic amines is 2. The number of hydrogen-bond donors (Lipinski definition) is 3. The van der Waals surface area contributed by atoms with Gasteiger partial charge in [0.05, 0.1) is 13.1 Å². The SMILES string of the molecule is CCCN(CCC)C1CCC(NCc2ccc(C(=O)N(Cc3ncc[nH]3)Cc3ncc[nH]3)c(C)c2)CC1. The first-order valence-electron chi connectivity index (χ1n) is 13.9. The molecule has 1 fully saturated rings. The summed E-state index contributed by atoms with van der Waals surface area (Å²) in [6.45, 7) is 10.7. The first-order chi connectivity index (χ1) is 18.1. The zero-order valence-corrected chi connectivity index (χ0v) is 22.7. The quantitative estimate of drug-likeness (QED) is 0.310. The molecule has 0 radical (unpaired) electrons. The van der Waals surface area contributed by atoms with Gasteiger partial charge in [-0.25, -0.2) is 9.97 Å². The number of hydrogen-bond acceptors (Lipinski definition) is 5. The molecule has 1 aliphatic carbocycles. The summed E-state index contributed by atoms with van der Waals surface area (Å²) in [6, 6.07) is 7.52. The molecular formula is C29H43N7O. The first kappa shape index (κ1) is 27.1. The lowest BCUT2D eigenvalue weighted by Gasteiger charge is -2.37. The van der Waals surface area contributed by atoms with Crippen LogP contribution in [0.1, 0.15) is 85.5 Å². The maximum absolute atomic E-state index is 13.5. The Morgan fingerprint density at radius 1 is 0.973 bits per heavy atom. The summed E-state index contributed by atoms with van der Waals surface area (Å²) in [5, 5.41) is 3.78. The summed E-state index contributed by atoms with van der Waals surface area (Å²) >= 11 is 0. The summed E-state index contributed by atoms with van der Waals surface area (Å²) in [4.78, 5) is 32.8. The van der Waals surface area contributed by atoms with Crippen LogP contribution in [0.15, 0.2) is 43.0 Å². The maximum Gasteiger partial charge on any atom is 0.254 e. The monoisotopic (exact) mass is 505 g/mol. The molecule has 1 saturated carbocycles. The van der Waals surface area contributed by atoms with E-state index >= 15 is 0 Å². The van der Waals surface area contributed by atoms with Crippen LogP contribution in [0, 0.1) is 6.92 Å². The van der Waals surface area contributed by atoms with E-state index in [2.05, 4.69) is 56.1 Å². The van der Waals surface area contributed by atoms with Gasteiger partial charge < -0.3 is 25.1 Å². The highest BCUT2D eigenvalue weighted by atomic mass is 16.2. The van der Waals surface area contributed by atoms with Crippen molar-refractivity contribution in [3.8, 4) is 0 Å². The molecular weight excluding hydrogens is 462 g/mol. The average molecular weight is 506 g/mol. The number of imidazole rings is 2. The Morgan fingerprint density at radius 3 is 2.11 bits per heavy atom. The number of carbonyl (C=O) groups excluding carboxylic acids is 1. The predicted molar refractivity (Wildman–Crippen MR) is 147 cm³/mol. The first-order valence-corrected chi connectivity index (χ1v) is 13.9. The molecule has 3 aromatic rings. The molecule has 3 N–H and O–H groups in total. The molecule has 4 rings (SSSR count). The molecule has 1 aromatic carbocycles. The highest BCUT2D eigenvalue weighted by molar-refractivity contribution is 5.95. The number of carbonyl (C=O) groups is 1. The molecule has 0 saturated heterocycles. The molecule has 0 atom stereocenters. The lowest BCUT2D eigenvalue weighted by molar-refractivity contribution is 0.0721. The molecule has 200 valence electrons. The number of rotatable bonds is 13. The van der Waals surface area contributed by atoms with Crippen LogP contribution in [0.2, 0.25) is 0 Å². The Bertz CT molecular complexity index is 1030. The largest absolute Gasteiger partial charge is 0.347 e. The Morgan fingerprint density at radius 2 is 1.59 bits per heavy atom. The normalized spacial score (nSPS) is 17.8. The minimum absolute atomic E-state index is 0.0214. The second kappa shape index (κ2) is 13.5. The van der Waals surface area contributed by atoms with E-state index in [4.69, 9.17) is 0 Å². The van der Waals surface area contributed by atoms with E-state index in [1.807, 2.05) is 13.0 Å². The number of H-pyrrole nitrogens is 2. The van der Waals surface area contributed by atoms with Crippen LogP contribution in [-0.2, 0) is 19.6 Å². The molecule has 0 spiro atoms. The van der Waals surface area contributed by atoms with Gasteiger partial charge in [-0.3, -0.25) is 4.79 Å². The number of benzene rings is 1. The minimum Gasteiger partial charge on any atom is -0.347 e. The molecule has 0 aliphatic heterocycles. The highest BCUT2D eigenvalue weighted by Gasteiger charge is 2.25. The van der Waals surface area contributed by atoms with Crippen molar-refractivity contribution in [1.82, 2.24) is 35.1 Å². The van der Waals surface area contributed by atoms with Gasteiger partial charge in [0, 0.05) is 49.0 Å². The molecule has 1 aliphatic rings. The Labute approximate surface area is 221 Å². The molecule has 37 heavy (non-hydrogen) atoms. The van der Waals surface area contributed by atoms with Crippen LogP contribution >= 0.6 is 0 Å². The van der Waals surface area contributed by atoms with Gasteiger partial charge in [-0.05, 0) is 75.7 Å². The molecule has 0 bridgehead atoms. The Balaban J connectivity index is 1.33. The van der Waals surface area contributed by atoms with E-state index in [1.165, 1.54) is 57.2 Å². The standard InChI is InChI=1S/C29H43N7O/c1-4-16-35(17-5-2)25-9-7-24(8-10-25)34-19-23-6-11-26(22(3)18-23)29(37)36(20-27-30-12-13-31-27)21-28-32-14-15-33-28/h6,11-15,18,24-25,34H,4-5,7-10,16-17,19-21H2,1-3H3,(H,30,31)(H,32,33). The molecule has 0 unspecified atom stereocenters. The molecule has 2 heterocycles. The van der Waals surface area contributed by atoms with Crippen molar-refractivity contribution in [2.45, 2.75) is 91.0 Å². The van der Waals surface area contributed by atoms with E-state index < -0.39 is 0 Å². The van der Waals surface area contributed by atoms with E-state index in [-0.39, 0.29) is 5.91 Å². The average Bonchev–Trinajstić information content (AvgIpc) is 3.62. The summed E-state index contributed by atoms with van der Waals surface area (Å²) < 4.78 is 0. The molecule has 2 aromatic heterocycles. The van der Waals surface area contributed by atoms with Crippen molar-refractivity contribution in [3.05, 3.63) is 71.3 Å². The second-order valence-electron chi connectivity index (χ2n) is 10.3. The Kier molecular flexibility index (Phi) is 9.91. The van der Waals surface area contributed by atoms with Gasteiger partial charge in [-0.2, -0.15) is 0 Å². The van der Waals surface area contributed by atoms with Crippen LogP contribution in [0.3, 0.4) is 0 Å². The lowest BCUT2D eigenvalue weighted by atomic mass is 9.89. The van der Waals surface area contributed by atoms with Crippen LogP contribution in [0.25, 0.3) is 0 Å². The van der Waals surface area contributed by atoms with Gasteiger partial charge in [-0.15, -0.1) is 0 Å². The van der Waals surface area contributed by atoms with Crippen molar-refractivity contribution >= 4 is 5.91 Å². The number of aryl methyl sites for hydroxylation is 1. The number of nitrogens with one attached hydrogen (secondary N) is 3. The van der Waals surface area contributed by atoms with Crippen molar-refractivity contribution < 1.29 is 4.79 Å². The van der Waals surface area contributed by atoms with Gasteiger partial charge in [0.25, 0.3) is 5.91 Å². The molecule has 8 heteroatoms. The number of nitrogens with zero attached hydrogens (tertiary/aromatic N) is 4. The zero-order chi connectivity index (χ0) is 26.0. The van der Waals surface area contributed by atoms with Crippen molar-refractivity contribution in [2.24, 2.45) is 0 Å². The summed E-state index contributed by atoms with van der Waals surface area (Å²) in [6.07, 6.45) is 14.5. The van der Waals surface area contributed by atoms with Crippen LogP contribution in [0.5, 0.6) is 0 Å². The fraction of sp³-hybridized carbons (Fsp3) is 0.552. The topological polar surface area (TPSA) is 92.9 Å². The Hall–Kier alpha value is -2.97. The second-order valence-corrected chi connectivity index (χ2v) is 10.3. The van der Waals surface area contributed by atoms with Gasteiger partial charge in [0.1, 0.15) is 11.6 Å². The van der Waals surface area contributed by atoms with Crippen LogP contribution < -0.4 is 5.32 Å². The zero-order valence-electron chi connectivity index (χ0n) is 22.7. The summed E-state index contributed by atoms with van der Waals surface area (Å²) in [5.41, 5.74) is 2.93. The summed E-state index contributed by atoms with van der Waals surface area (Å²) in [7, 11) is 0. The van der Waals surface area contributed by atoms with Crippen LogP contribution in [-0.4, -0.2) is 60.8 Å². The van der Waals surface area contributed by atoms with E-state index in [0.29, 0.717) is 24.7 Å². The smallest absolute Gasteiger partial charge is 0.254 e. The number of aromatic nitrogens is 4. The van der Waals surface area contributed by atoms with E-state index in [9.17, 15) is 4.79 Å². The van der Waals surface area contributed by atoms with E-state index in [1.54, 1.807) is 29.7 Å². The van der Waals surface area contributed by atoms with Gasteiger partial charge in [0.15, 0.2) is 0 Å². The van der Waals surface area contributed by atoms with Gasteiger partial charge in [-0.1, -0.05) is 26.0 Å². The fourth-order valence-corrected chi connectivity index (χ4v) is 5.53. The fourth-order valence-electron chi connectivity index (χ4n) is 5.53. The van der Waals surface area contributed by atoms with Crippen molar-refractivity contribution in [3.63, 3.8) is 0 Å². The van der Waals surface area contributed by atoms with E-state index in [0.717, 1.165) is 29.8 Å². The minimum atomic E-state index is -0.0214. The summed E-state index contributed by atoms with van der Waals surface area (Å²) in [5.74, 6) is 1.48. The third-order valence-electron chi connectivity index (χ3n) is 7.43. The molecule has 1 amide bonds. The molecule has 8 nitrogen and oxygen atoms in total. The van der Waals surface area contributed by atoms with Crippen molar-refractivity contribution in [2.75, 3.05) is 13.1 Å². The number of amides is 1. The van der Waals surface area contributed by atoms with Gasteiger partial charge >= 0.3 is 0 Å². The lowest BCUT2D eigenvalue weighted by Crippen LogP contribution is -2.43. The van der Waals surface area contributed by atoms with Crippen molar-refractivity contribution in [1.29, 1.82) is 0 Å². The highest BCUT2D eigenvalue weighted by Crippen LogP contribution is 2.24. The van der Waals surface area contributed by atoms with Crippen LogP contribution in [0.4, 0.5) is 0 Å². The third-order valence-corrected chi connectivity index (χ3v) is 7.43. The third kappa shape index (κ3) is 7.52.